The molecule has 5 aromatic rings. The number of hydrogen-bond acceptors (Lipinski definition) is 8. The minimum atomic E-state index is 0.295. The molecular formula is C22H18N6O2S. The standard InChI is InChI=1S/C22H18N6O2S/c1-28-9-16(19(27-28)14-6-4-3-5-7-14)20-21-17(23-12-24-20)8-18(29-2)22(26-21)30-10-15-11-31-13-25-15/h3-9,11-13H,10H2,1-2H3. The Morgan fingerprint density at radius 1 is 1.06 bits per heavy atom. The highest BCUT2D eigenvalue weighted by molar-refractivity contribution is 7.07. The highest BCUT2D eigenvalue weighted by atomic mass is 32.1. The average Bonchev–Trinajstić information content (AvgIpc) is 3.47. The van der Waals surface area contributed by atoms with Gasteiger partial charge in [-0.1, -0.05) is 30.3 Å². The second kappa shape index (κ2) is 8.11. The summed E-state index contributed by atoms with van der Waals surface area (Å²) in [7, 11) is 3.47. The molecule has 0 atom stereocenters. The summed E-state index contributed by atoms with van der Waals surface area (Å²) in [5.41, 5.74) is 7.24. The molecule has 0 saturated heterocycles. The smallest absolute Gasteiger partial charge is 0.258 e. The number of pyridine rings is 1. The van der Waals surface area contributed by atoms with Crippen molar-refractivity contribution in [2.24, 2.45) is 7.05 Å². The molecule has 5 rings (SSSR count). The molecule has 0 N–H and O–H groups in total. The van der Waals surface area contributed by atoms with E-state index in [-0.39, 0.29) is 0 Å². The third-order valence-electron chi connectivity index (χ3n) is 4.73. The van der Waals surface area contributed by atoms with Crippen molar-refractivity contribution in [2.75, 3.05) is 7.11 Å². The van der Waals surface area contributed by atoms with Crippen LogP contribution in [0.25, 0.3) is 33.5 Å². The molecule has 0 aliphatic rings. The van der Waals surface area contributed by atoms with Gasteiger partial charge < -0.3 is 9.47 Å². The summed E-state index contributed by atoms with van der Waals surface area (Å²) >= 11 is 1.52. The summed E-state index contributed by atoms with van der Waals surface area (Å²) in [4.78, 5) is 17.9. The molecule has 0 radical (unpaired) electrons. The molecular weight excluding hydrogens is 412 g/mol. The van der Waals surface area contributed by atoms with E-state index in [0.29, 0.717) is 35.0 Å². The molecule has 0 aliphatic carbocycles. The number of methoxy groups -OCH3 is 1. The SMILES string of the molecule is COc1cc2ncnc(-c3cn(C)nc3-c3ccccc3)c2nc1OCc1cscn1. The Bertz CT molecular complexity index is 1340. The van der Waals surface area contributed by atoms with Gasteiger partial charge in [-0.25, -0.2) is 19.9 Å². The summed E-state index contributed by atoms with van der Waals surface area (Å²) in [5.74, 6) is 0.867. The van der Waals surface area contributed by atoms with E-state index in [1.807, 2.05) is 55.0 Å². The van der Waals surface area contributed by atoms with Crippen molar-refractivity contribution in [2.45, 2.75) is 6.61 Å². The van der Waals surface area contributed by atoms with Crippen molar-refractivity contribution in [1.82, 2.24) is 29.7 Å². The molecule has 0 aliphatic heterocycles. The first kappa shape index (κ1) is 19.1. The minimum absolute atomic E-state index is 0.295. The fourth-order valence-electron chi connectivity index (χ4n) is 3.32. The first-order chi connectivity index (χ1) is 15.2. The van der Waals surface area contributed by atoms with E-state index in [2.05, 4.69) is 20.1 Å². The van der Waals surface area contributed by atoms with Gasteiger partial charge in [0.25, 0.3) is 5.88 Å². The number of hydrogen-bond donors (Lipinski definition) is 0. The van der Waals surface area contributed by atoms with Gasteiger partial charge in [0.2, 0.25) is 0 Å². The highest BCUT2D eigenvalue weighted by Gasteiger charge is 2.19. The van der Waals surface area contributed by atoms with Gasteiger partial charge in [-0.2, -0.15) is 5.10 Å². The molecule has 0 saturated carbocycles. The minimum Gasteiger partial charge on any atom is -0.491 e. The molecule has 0 spiro atoms. The van der Waals surface area contributed by atoms with Gasteiger partial charge in [-0.15, -0.1) is 11.3 Å². The summed E-state index contributed by atoms with van der Waals surface area (Å²) < 4.78 is 13.2. The Kier molecular flexibility index (Phi) is 5.01. The molecule has 4 heterocycles. The number of benzene rings is 1. The lowest BCUT2D eigenvalue weighted by atomic mass is 10.0. The Labute approximate surface area is 182 Å². The topological polar surface area (TPSA) is 87.8 Å². The molecule has 0 unspecified atom stereocenters. The largest absolute Gasteiger partial charge is 0.491 e. The molecule has 1 aromatic carbocycles. The van der Waals surface area contributed by atoms with Crippen LogP contribution in [-0.2, 0) is 13.7 Å². The Hall–Kier alpha value is -3.85. The lowest BCUT2D eigenvalue weighted by Gasteiger charge is -2.11. The van der Waals surface area contributed by atoms with Crippen LogP contribution < -0.4 is 9.47 Å². The van der Waals surface area contributed by atoms with Crippen molar-refractivity contribution in [1.29, 1.82) is 0 Å². The van der Waals surface area contributed by atoms with Gasteiger partial charge in [-0.05, 0) is 0 Å². The molecule has 4 aromatic heterocycles. The van der Waals surface area contributed by atoms with Gasteiger partial charge in [0.15, 0.2) is 5.75 Å². The normalized spacial score (nSPS) is 11.0. The van der Waals surface area contributed by atoms with E-state index in [0.717, 1.165) is 22.5 Å². The van der Waals surface area contributed by atoms with E-state index in [4.69, 9.17) is 14.5 Å². The van der Waals surface area contributed by atoms with Crippen molar-refractivity contribution in [3.8, 4) is 34.1 Å². The zero-order valence-corrected chi connectivity index (χ0v) is 17.7. The van der Waals surface area contributed by atoms with E-state index < -0.39 is 0 Å². The lowest BCUT2D eigenvalue weighted by molar-refractivity contribution is 0.270. The fraction of sp³-hybridized carbons (Fsp3) is 0.136. The Balaban J connectivity index is 1.64. The zero-order valence-electron chi connectivity index (χ0n) is 16.9. The molecule has 31 heavy (non-hydrogen) atoms. The van der Waals surface area contributed by atoms with Crippen molar-refractivity contribution in [3.05, 3.63) is 65.5 Å². The van der Waals surface area contributed by atoms with Crippen LogP contribution in [0.2, 0.25) is 0 Å². The van der Waals surface area contributed by atoms with Crippen molar-refractivity contribution in [3.63, 3.8) is 0 Å². The van der Waals surface area contributed by atoms with Crippen LogP contribution >= 0.6 is 11.3 Å². The number of fused-ring (bicyclic) bond motifs is 1. The number of rotatable bonds is 6. The number of ether oxygens (including phenoxy) is 2. The number of nitrogens with zero attached hydrogens (tertiary/aromatic N) is 6. The van der Waals surface area contributed by atoms with Crippen LogP contribution in [0, 0.1) is 0 Å². The Morgan fingerprint density at radius 2 is 1.94 bits per heavy atom. The zero-order chi connectivity index (χ0) is 21.2. The van der Waals surface area contributed by atoms with E-state index in [9.17, 15) is 0 Å². The maximum atomic E-state index is 5.92. The third-order valence-corrected chi connectivity index (χ3v) is 5.37. The summed E-state index contributed by atoms with van der Waals surface area (Å²) in [6, 6.07) is 11.8. The van der Waals surface area contributed by atoms with Gasteiger partial charge in [0.05, 0.1) is 23.8 Å². The summed E-state index contributed by atoms with van der Waals surface area (Å²) in [6.45, 7) is 0.295. The van der Waals surface area contributed by atoms with E-state index in [1.165, 1.54) is 17.7 Å². The summed E-state index contributed by atoms with van der Waals surface area (Å²) in [6.07, 6.45) is 3.46. The van der Waals surface area contributed by atoms with Crippen LogP contribution in [0.1, 0.15) is 5.69 Å². The number of aromatic nitrogens is 6. The highest BCUT2D eigenvalue weighted by Crippen LogP contribution is 2.36. The molecule has 0 bridgehead atoms. The number of thiazole rings is 1. The monoisotopic (exact) mass is 430 g/mol. The van der Waals surface area contributed by atoms with Crippen molar-refractivity contribution >= 4 is 22.4 Å². The number of aryl methyl sites for hydroxylation is 1. The van der Waals surface area contributed by atoms with Gasteiger partial charge in [0, 0.05) is 35.8 Å². The van der Waals surface area contributed by atoms with E-state index >= 15 is 0 Å². The molecule has 8 nitrogen and oxygen atoms in total. The van der Waals surface area contributed by atoms with Crippen LogP contribution in [0.3, 0.4) is 0 Å². The van der Waals surface area contributed by atoms with Gasteiger partial charge >= 0.3 is 0 Å². The van der Waals surface area contributed by atoms with E-state index in [1.54, 1.807) is 17.3 Å². The van der Waals surface area contributed by atoms with Crippen LogP contribution in [0.15, 0.2) is 59.8 Å². The quantitative estimate of drug-likeness (QED) is 0.400. The molecule has 0 fully saturated rings. The molecule has 0 amide bonds. The molecule has 9 heteroatoms. The second-order valence-corrected chi connectivity index (χ2v) is 7.50. The maximum Gasteiger partial charge on any atom is 0.258 e. The second-order valence-electron chi connectivity index (χ2n) is 6.79. The average molecular weight is 430 g/mol. The summed E-state index contributed by atoms with van der Waals surface area (Å²) in [5, 5.41) is 6.59. The fourth-order valence-corrected chi connectivity index (χ4v) is 3.86. The molecule has 154 valence electrons. The van der Waals surface area contributed by atoms with Crippen LogP contribution in [0.4, 0.5) is 0 Å². The maximum absolute atomic E-state index is 5.92. The Morgan fingerprint density at radius 3 is 2.71 bits per heavy atom. The predicted octanol–water partition coefficient (Wildman–Crippen LogP) is 4.14. The van der Waals surface area contributed by atoms with Gasteiger partial charge in [-0.3, -0.25) is 4.68 Å². The van der Waals surface area contributed by atoms with Gasteiger partial charge in [0.1, 0.15) is 29.8 Å². The van der Waals surface area contributed by atoms with Crippen molar-refractivity contribution < 1.29 is 9.47 Å². The van der Waals surface area contributed by atoms with Crippen LogP contribution in [0.5, 0.6) is 11.6 Å². The lowest BCUT2D eigenvalue weighted by Crippen LogP contribution is -2.02. The predicted molar refractivity (Wildman–Crippen MR) is 118 cm³/mol. The first-order valence-electron chi connectivity index (χ1n) is 9.52. The third kappa shape index (κ3) is 3.71. The van der Waals surface area contributed by atoms with Crippen LogP contribution in [-0.4, -0.2) is 36.8 Å². The first-order valence-corrected chi connectivity index (χ1v) is 10.5.